The van der Waals surface area contributed by atoms with Gasteiger partial charge < -0.3 is 20.5 Å². The van der Waals surface area contributed by atoms with E-state index < -0.39 is 12.1 Å². The van der Waals surface area contributed by atoms with Gasteiger partial charge in [-0.1, -0.05) is 20.8 Å². The van der Waals surface area contributed by atoms with E-state index >= 15 is 0 Å². The van der Waals surface area contributed by atoms with Crippen LogP contribution in [0.2, 0.25) is 0 Å². The summed E-state index contributed by atoms with van der Waals surface area (Å²) in [6.07, 6.45) is 0.260. The number of ether oxygens (including phenoxy) is 1. The first-order valence-corrected chi connectivity index (χ1v) is 9.18. The summed E-state index contributed by atoms with van der Waals surface area (Å²) in [7, 11) is 0. The molecule has 0 saturated carbocycles. The number of carbonyl (C=O) groups excluding carboxylic acids is 1. The smallest absolute Gasteiger partial charge is 0.475 e. The molecule has 1 amide bonds. The van der Waals surface area contributed by atoms with Crippen molar-refractivity contribution < 1.29 is 32.6 Å². The van der Waals surface area contributed by atoms with Crippen LogP contribution in [0.3, 0.4) is 0 Å². The number of piperidine rings is 1. The molecule has 2 aliphatic heterocycles. The maximum atomic E-state index is 12.3. The highest BCUT2D eigenvalue weighted by Gasteiger charge is 2.40. The highest BCUT2D eigenvalue weighted by atomic mass is 19.4. The van der Waals surface area contributed by atoms with Crippen LogP contribution >= 0.6 is 0 Å². The molecule has 0 bridgehead atoms. The monoisotopic (exact) mass is 396 g/mol. The van der Waals surface area contributed by atoms with Crippen LogP contribution in [-0.2, 0) is 14.3 Å². The summed E-state index contributed by atoms with van der Waals surface area (Å²) in [5, 5.41) is 7.12. The first-order chi connectivity index (χ1) is 12.3. The van der Waals surface area contributed by atoms with Crippen LogP contribution in [0.5, 0.6) is 0 Å². The van der Waals surface area contributed by atoms with Crippen LogP contribution in [0, 0.1) is 10.8 Å². The third-order valence-corrected chi connectivity index (χ3v) is 4.99. The van der Waals surface area contributed by atoms with Gasteiger partial charge in [-0.25, -0.2) is 4.79 Å². The Bertz CT molecular complexity index is 500. The van der Waals surface area contributed by atoms with Crippen molar-refractivity contribution in [2.45, 2.75) is 65.2 Å². The zero-order chi connectivity index (χ0) is 20.9. The Morgan fingerprint density at radius 2 is 1.70 bits per heavy atom. The lowest BCUT2D eigenvalue weighted by Crippen LogP contribution is -2.48. The van der Waals surface area contributed by atoms with Crippen molar-refractivity contribution in [2.24, 2.45) is 16.6 Å². The summed E-state index contributed by atoms with van der Waals surface area (Å²) >= 11 is 0. The van der Waals surface area contributed by atoms with Crippen molar-refractivity contribution in [3.63, 3.8) is 0 Å². The third-order valence-electron chi connectivity index (χ3n) is 4.99. The zero-order valence-corrected chi connectivity index (χ0v) is 16.3. The van der Waals surface area contributed by atoms with E-state index in [0.717, 1.165) is 39.0 Å². The summed E-state index contributed by atoms with van der Waals surface area (Å²) in [4.78, 5) is 23.2. The molecule has 1 atom stereocenters. The summed E-state index contributed by atoms with van der Waals surface area (Å²) in [6, 6.07) is 0. The van der Waals surface area contributed by atoms with Gasteiger partial charge in [-0.15, -0.1) is 0 Å². The highest BCUT2D eigenvalue weighted by molar-refractivity contribution is 5.76. The van der Waals surface area contributed by atoms with Gasteiger partial charge >= 0.3 is 12.1 Å². The summed E-state index contributed by atoms with van der Waals surface area (Å²) < 4.78 is 37.6. The fraction of sp³-hybridized carbons (Fsp3) is 0.889. The number of nitrogens with two attached hydrogens (primary N) is 1. The fourth-order valence-electron chi connectivity index (χ4n) is 3.29. The minimum Gasteiger partial charge on any atom is -0.475 e. The quantitative estimate of drug-likeness (QED) is 0.749. The molecule has 0 aromatic rings. The number of likely N-dealkylation sites (tertiary alicyclic amines) is 1. The predicted octanol–water partition coefficient (Wildman–Crippen LogP) is 2.80. The van der Waals surface area contributed by atoms with Gasteiger partial charge in [-0.3, -0.25) is 4.79 Å². The van der Waals surface area contributed by atoms with Gasteiger partial charge in [0, 0.05) is 26.1 Å². The molecule has 0 radical (unpaired) electrons. The van der Waals surface area contributed by atoms with Crippen molar-refractivity contribution in [1.29, 1.82) is 0 Å². The molecule has 0 aromatic carbocycles. The molecular formula is C18H31F3N2O4. The molecule has 6 nitrogen and oxygen atoms in total. The molecule has 2 aliphatic rings. The Morgan fingerprint density at radius 3 is 2.04 bits per heavy atom. The second-order valence-electron chi connectivity index (χ2n) is 8.63. The number of halogens is 3. The summed E-state index contributed by atoms with van der Waals surface area (Å²) in [5.41, 5.74) is 6.05. The number of carboxylic acids is 1. The standard InChI is InChI=1S/C16H30N2O2.C2HF3O2/c1-15(2,3)10-14(19)18-8-6-16(7-9-18)5-4-13(11-17)20-12-16;3-2(4,5)1(6)7/h13H,4-12,17H2,1-3H3;(H,6,7). The number of carbonyl (C=O) groups is 2. The van der Waals surface area contributed by atoms with Crippen molar-refractivity contribution in [1.82, 2.24) is 4.90 Å². The van der Waals surface area contributed by atoms with E-state index in [-0.39, 0.29) is 11.5 Å². The minimum absolute atomic E-state index is 0.0779. The van der Waals surface area contributed by atoms with Crippen LogP contribution in [0.15, 0.2) is 0 Å². The summed E-state index contributed by atoms with van der Waals surface area (Å²) in [6.45, 7) is 9.62. The van der Waals surface area contributed by atoms with E-state index in [1.807, 2.05) is 4.90 Å². The third kappa shape index (κ3) is 8.04. The minimum atomic E-state index is -5.08. The molecule has 1 spiro atoms. The Morgan fingerprint density at radius 1 is 1.19 bits per heavy atom. The van der Waals surface area contributed by atoms with E-state index in [9.17, 15) is 18.0 Å². The molecule has 1 unspecified atom stereocenters. The molecule has 0 aliphatic carbocycles. The van der Waals surface area contributed by atoms with Crippen molar-refractivity contribution >= 4 is 11.9 Å². The number of aliphatic carboxylic acids is 1. The molecule has 2 fully saturated rings. The zero-order valence-electron chi connectivity index (χ0n) is 16.3. The normalized spacial score (nSPS) is 22.8. The lowest BCUT2D eigenvalue weighted by atomic mass is 9.73. The van der Waals surface area contributed by atoms with E-state index in [4.69, 9.17) is 20.4 Å². The largest absolute Gasteiger partial charge is 0.490 e. The van der Waals surface area contributed by atoms with Crippen molar-refractivity contribution in [3.8, 4) is 0 Å². The SMILES string of the molecule is CC(C)(C)CC(=O)N1CCC2(CCC(CN)OC2)CC1.O=C(O)C(F)(F)F. The molecule has 158 valence electrons. The molecule has 2 rings (SSSR count). The van der Waals surface area contributed by atoms with E-state index in [1.165, 1.54) is 6.42 Å². The molecule has 0 aromatic heterocycles. The first kappa shape index (κ1) is 23.7. The highest BCUT2D eigenvalue weighted by Crippen LogP contribution is 2.40. The average Bonchev–Trinajstić information content (AvgIpc) is 2.54. The molecule has 3 N–H and O–H groups in total. The number of carboxylic acid groups (broad SMARTS) is 1. The second kappa shape index (κ2) is 9.23. The Kier molecular flexibility index (Phi) is 8.10. The summed E-state index contributed by atoms with van der Waals surface area (Å²) in [5.74, 6) is -2.45. The number of rotatable bonds is 2. The van der Waals surface area contributed by atoms with Gasteiger partial charge in [0.15, 0.2) is 0 Å². The number of nitrogens with zero attached hydrogens (tertiary/aromatic N) is 1. The lowest BCUT2D eigenvalue weighted by Gasteiger charge is -2.45. The van der Waals surface area contributed by atoms with E-state index in [2.05, 4.69) is 20.8 Å². The van der Waals surface area contributed by atoms with Gasteiger partial charge in [-0.05, 0) is 36.5 Å². The Hall–Kier alpha value is -1.35. The molecular weight excluding hydrogens is 365 g/mol. The van der Waals surface area contributed by atoms with Crippen LogP contribution in [0.4, 0.5) is 13.2 Å². The molecule has 27 heavy (non-hydrogen) atoms. The second-order valence-corrected chi connectivity index (χ2v) is 8.63. The van der Waals surface area contributed by atoms with Crippen LogP contribution in [0.25, 0.3) is 0 Å². The van der Waals surface area contributed by atoms with E-state index in [0.29, 0.717) is 24.3 Å². The van der Waals surface area contributed by atoms with Crippen molar-refractivity contribution in [3.05, 3.63) is 0 Å². The topological polar surface area (TPSA) is 92.9 Å². The van der Waals surface area contributed by atoms with Gasteiger partial charge in [0.05, 0.1) is 12.7 Å². The average molecular weight is 396 g/mol. The number of hydrogen-bond donors (Lipinski definition) is 2. The van der Waals surface area contributed by atoms with Crippen molar-refractivity contribution in [2.75, 3.05) is 26.2 Å². The van der Waals surface area contributed by atoms with E-state index in [1.54, 1.807) is 0 Å². The Balaban J connectivity index is 0.000000445. The van der Waals surface area contributed by atoms with Gasteiger partial charge in [0.1, 0.15) is 0 Å². The fourth-order valence-corrected chi connectivity index (χ4v) is 3.29. The maximum Gasteiger partial charge on any atom is 0.490 e. The Labute approximate surface area is 158 Å². The van der Waals surface area contributed by atoms with Gasteiger partial charge in [0.25, 0.3) is 0 Å². The number of amides is 1. The van der Waals surface area contributed by atoms with Crippen LogP contribution in [0.1, 0.15) is 52.9 Å². The number of alkyl halides is 3. The maximum absolute atomic E-state index is 12.3. The van der Waals surface area contributed by atoms with Crippen LogP contribution in [-0.4, -0.2) is 60.4 Å². The predicted molar refractivity (Wildman–Crippen MR) is 94.0 cm³/mol. The van der Waals surface area contributed by atoms with Gasteiger partial charge in [-0.2, -0.15) is 13.2 Å². The number of hydrogen-bond acceptors (Lipinski definition) is 4. The van der Waals surface area contributed by atoms with Crippen LogP contribution < -0.4 is 5.73 Å². The van der Waals surface area contributed by atoms with Gasteiger partial charge in [0.2, 0.25) is 5.91 Å². The first-order valence-electron chi connectivity index (χ1n) is 9.18. The molecule has 2 heterocycles. The molecule has 2 saturated heterocycles. The lowest BCUT2D eigenvalue weighted by molar-refractivity contribution is -0.192. The molecule has 9 heteroatoms.